The van der Waals surface area contributed by atoms with Gasteiger partial charge in [-0.25, -0.2) is 8.42 Å². The number of rotatable bonds is 6. The van der Waals surface area contributed by atoms with Crippen molar-refractivity contribution in [1.82, 2.24) is 15.2 Å². The number of nitrogens with zero attached hydrogens (tertiary/aromatic N) is 1. The first kappa shape index (κ1) is 22.5. The van der Waals surface area contributed by atoms with Gasteiger partial charge in [0.1, 0.15) is 11.5 Å². The molecule has 0 aromatic heterocycles. The van der Waals surface area contributed by atoms with E-state index in [2.05, 4.69) is 10.9 Å². The molecule has 170 valence electrons. The van der Waals surface area contributed by atoms with Crippen molar-refractivity contribution in [3.05, 3.63) is 90.0 Å². The van der Waals surface area contributed by atoms with Gasteiger partial charge >= 0.3 is 0 Å². The summed E-state index contributed by atoms with van der Waals surface area (Å²) in [6.07, 6.45) is 1.69. The number of para-hydroxylation sites is 2. The van der Waals surface area contributed by atoms with Crippen LogP contribution < -0.4 is 15.6 Å². The largest absolute Gasteiger partial charge is 0.457 e. The summed E-state index contributed by atoms with van der Waals surface area (Å²) in [7, 11) is -3.56. The van der Waals surface area contributed by atoms with E-state index in [0.717, 1.165) is 12.8 Å². The Labute approximate surface area is 192 Å². The minimum absolute atomic E-state index is 0.136. The average molecular weight is 466 g/mol. The lowest BCUT2D eigenvalue weighted by Crippen LogP contribution is -2.41. The van der Waals surface area contributed by atoms with Crippen molar-refractivity contribution in [1.29, 1.82) is 0 Å². The molecule has 0 aliphatic carbocycles. The van der Waals surface area contributed by atoms with Gasteiger partial charge in [0.2, 0.25) is 10.0 Å². The Morgan fingerprint density at radius 3 is 2.06 bits per heavy atom. The van der Waals surface area contributed by atoms with E-state index in [4.69, 9.17) is 4.74 Å². The van der Waals surface area contributed by atoms with Gasteiger partial charge < -0.3 is 4.74 Å². The fraction of sp³-hybridized carbons (Fsp3) is 0.167. The molecule has 0 radical (unpaired) electrons. The molecule has 0 spiro atoms. The second-order valence-corrected chi connectivity index (χ2v) is 9.39. The molecule has 2 N–H and O–H groups in total. The van der Waals surface area contributed by atoms with Gasteiger partial charge in [-0.15, -0.1) is 0 Å². The van der Waals surface area contributed by atoms with Gasteiger partial charge in [0.15, 0.2) is 0 Å². The Hall–Kier alpha value is -3.69. The van der Waals surface area contributed by atoms with Crippen molar-refractivity contribution >= 4 is 21.8 Å². The topological polar surface area (TPSA) is 105 Å². The molecule has 2 amide bonds. The van der Waals surface area contributed by atoms with Gasteiger partial charge in [-0.1, -0.05) is 30.3 Å². The van der Waals surface area contributed by atoms with Crippen molar-refractivity contribution in [2.75, 3.05) is 13.1 Å². The van der Waals surface area contributed by atoms with Crippen LogP contribution in [0.25, 0.3) is 0 Å². The average Bonchev–Trinajstić information content (AvgIpc) is 3.39. The highest BCUT2D eigenvalue weighted by atomic mass is 32.2. The Morgan fingerprint density at radius 1 is 0.758 bits per heavy atom. The Morgan fingerprint density at radius 2 is 1.36 bits per heavy atom. The summed E-state index contributed by atoms with van der Waals surface area (Å²) in [5.74, 6) is -0.212. The maximum Gasteiger partial charge on any atom is 0.273 e. The summed E-state index contributed by atoms with van der Waals surface area (Å²) in [6, 6.07) is 21.3. The molecule has 0 bridgehead atoms. The zero-order valence-electron chi connectivity index (χ0n) is 17.7. The SMILES string of the molecule is O=C(NNC(=O)c1ccccc1Oc1ccccc1)c1ccc(S(=O)(=O)N2CCCC2)cc1. The van der Waals surface area contributed by atoms with E-state index in [1.807, 2.05) is 18.2 Å². The smallest absolute Gasteiger partial charge is 0.273 e. The van der Waals surface area contributed by atoms with Gasteiger partial charge in [0, 0.05) is 18.7 Å². The molecule has 0 atom stereocenters. The number of sulfonamides is 1. The predicted molar refractivity (Wildman–Crippen MR) is 122 cm³/mol. The Balaban J connectivity index is 1.40. The molecule has 1 aliphatic rings. The zero-order valence-corrected chi connectivity index (χ0v) is 18.5. The van der Waals surface area contributed by atoms with Crippen LogP contribution in [0.15, 0.2) is 83.8 Å². The van der Waals surface area contributed by atoms with Crippen LogP contribution in [-0.2, 0) is 10.0 Å². The van der Waals surface area contributed by atoms with Crippen molar-refractivity contribution in [2.24, 2.45) is 0 Å². The maximum atomic E-state index is 12.6. The summed E-state index contributed by atoms with van der Waals surface area (Å²) in [5, 5.41) is 0. The van der Waals surface area contributed by atoms with Crippen LogP contribution in [0, 0.1) is 0 Å². The lowest BCUT2D eigenvalue weighted by atomic mass is 10.2. The van der Waals surface area contributed by atoms with Gasteiger partial charge in [-0.2, -0.15) is 4.31 Å². The zero-order chi connectivity index (χ0) is 23.3. The molecular weight excluding hydrogens is 442 g/mol. The summed E-state index contributed by atoms with van der Waals surface area (Å²) in [4.78, 5) is 25.2. The molecule has 4 rings (SSSR count). The summed E-state index contributed by atoms with van der Waals surface area (Å²) in [5.41, 5.74) is 5.17. The second kappa shape index (κ2) is 9.85. The van der Waals surface area contributed by atoms with E-state index in [0.29, 0.717) is 24.6 Å². The molecular formula is C24H23N3O5S. The highest BCUT2D eigenvalue weighted by molar-refractivity contribution is 7.89. The van der Waals surface area contributed by atoms with E-state index >= 15 is 0 Å². The van der Waals surface area contributed by atoms with Gasteiger partial charge in [0.05, 0.1) is 10.5 Å². The number of benzene rings is 3. The molecule has 33 heavy (non-hydrogen) atoms. The summed E-state index contributed by atoms with van der Waals surface area (Å²) in [6.45, 7) is 1.01. The van der Waals surface area contributed by atoms with Crippen LogP contribution >= 0.6 is 0 Å². The third-order valence-electron chi connectivity index (χ3n) is 5.21. The number of hydrogen-bond donors (Lipinski definition) is 2. The van der Waals surface area contributed by atoms with Crippen LogP contribution in [-0.4, -0.2) is 37.6 Å². The molecule has 1 saturated heterocycles. The molecule has 3 aromatic carbocycles. The molecule has 8 nitrogen and oxygen atoms in total. The van der Waals surface area contributed by atoms with E-state index in [9.17, 15) is 18.0 Å². The molecule has 1 heterocycles. The number of hydrogen-bond acceptors (Lipinski definition) is 5. The van der Waals surface area contributed by atoms with Crippen LogP contribution in [0.1, 0.15) is 33.6 Å². The summed E-state index contributed by atoms with van der Waals surface area (Å²) >= 11 is 0. The second-order valence-electron chi connectivity index (χ2n) is 7.46. The van der Waals surface area contributed by atoms with Gasteiger partial charge in [-0.05, 0) is 61.4 Å². The van der Waals surface area contributed by atoms with E-state index < -0.39 is 21.8 Å². The highest BCUT2D eigenvalue weighted by Crippen LogP contribution is 2.25. The molecule has 1 fully saturated rings. The van der Waals surface area contributed by atoms with E-state index in [1.165, 1.54) is 28.6 Å². The number of amides is 2. The van der Waals surface area contributed by atoms with Crippen molar-refractivity contribution < 1.29 is 22.7 Å². The molecule has 9 heteroatoms. The van der Waals surface area contributed by atoms with Crippen molar-refractivity contribution in [2.45, 2.75) is 17.7 Å². The van der Waals surface area contributed by atoms with Gasteiger partial charge in [0.25, 0.3) is 11.8 Å². The standard InChI is InChI=1S/C24H23N3O5S/c28-23(18-12-14-20(15-13-18)33(30,31)27-16-6-7-17-27)25-26-24(29)21-10-4-5-11-22(21)32-19-8-2-1-3-9-19/h1-5,8-15H,6-7,16-17H2,(H,25,28)(H,26,29). The number of carbonyl (C=O) groups is 2. The maximum absolute atomic E-state index is 12.6. The minimum atomic E-state index is -3.56. The van der Waals surface area contributed by atoms with Crippen molar-refractivity contribution in [3.8, 4) is 11.5 Å². The van der Waals surface area contributed by atoms with Crippen LogP contribution in [0.4, 0.5) is 0 Å². The molecule has 0 unspecified atom stereocenters. The first-order valence-electron chi connectivity index (χ1n) is 10.5. The normalized spacial score (nSPS) is 13.9. The number of nitrogens with one attached hydrogen (secondary N) is 2. The lowest BCUT2D eigenvalue weighted by molar-refractivity contribution is 0.0845. The van der Waals surface area contributed by atoms with Crippen LogP contribution in [0.5, 0.6) is 11.5 Å². The molecule has 3 aromatic rings. The lowest BCUT2D eigenvalue weighted by Gasteiger charge is -2.15. The van der Waals surface area contributed by atoms with Gasteiger partial charge in [-0.3, -0.25) is 20.4 Å². The monoisotopic (exact) mass is 465 g/mol. The van der Waals surface area contributed by atoms with Crippen molar-refractivity contribution in [3.63, 3.8) is 0 Å². The highest BCUT2D eigenvalue weighted by Gasteiger charge is 2.27. The first-order valence-corrected chi connectivity index (χ1v) is 11.9. The van der Waals surface area contributed by atoms with Crippen LogP contribution in [0.2, 0.25) is 0 Å². The fourth-order valence-corrected chi connectivity index (χ4v) is 4.98. The van der Waals surface area contributed by atoms with Crippen LogP contribution in [0.3, 0.4) is 0 Å². The minimum Gasteiger partial charge on any atom is -0.457 e. The number of ether oxygens (including phenoxy) is 1. The fourth-order valence-electron chi connectivity index (χ4n) is 3.47. The number of carbonyl (C=O) groups excluding carboxylic acids is 2. The third kappa shape index (κ3) is 5.21. The first-order chi connectivity index (χ1) is 15.9. The van der Waals surface area contributed by atoms with E-state index in [-0.39, 0.29) is 16.0 Å². The van der Waals surface area contributed by atoms with E-state index in [1.54, 1.807) is 36.4 Å². The summed E-state index contributed by atoms with van der Waals surface area (Å²) < 4.78 is 32.4. The molecule has 0 saturated carbocycles. The predicted octanol–water partition coefficient (Wildman–Crippen LogP) is 3.34. The number of hydrazine groups is 1. The quantitative estimate of drug-likeness (QED) is 0.544. The third-order valence-corrected chi connectivity index (χ3v) is 7.12. The Bertz CT molecular complexity index is 1240. The molecule has 1 aliphatic heterocycles. The Kier molecular flexibility index (Phi) is 6.71.